The Labute approximate surface area is 111 Å². The van der Waals surface area contributed by atoms with Gasteiger partial charge in [0, 0.05) is 17.6 Å². The summed E-state index contributed by atoms with van der Waals surface area (Å²) in [6.45, 7) is 3.19. The average molecular weight is 264 g/mol. The van der Waals surface area contributed by atoms with Crippen molar-refractivity contribution < 1.29 is 4.74 Å². The van der Waals surface area contributed by atoms with Crippen molar-refractivity contribution in [2.45, 2.75) is 13.5 Å². The van der Waals surface area contributed by atoms with E-state index in [1.54, 1.807) is 6.07 Å². The van der Waals surface area contributed by atoms with Crippen LogP contribution < -0.4 is 10.1 Å². The Bertz CT molecular complexity index is 502. The van der Waals surface area contributed by atoms with Gasteiger partial charge in [0.25, 0.3) is 0 Å². The summed E-state index contributed by atoms with van der Waals surface area (Å²) in [5, 5.41) is 3.94. The van der Waals surface area contributed by atoms with Gasteiger partial charge in [0.1, 0.15) is 12.1 Å². The molecule has 2 rings (SSSR count). The molecular formula is C13H14ClN3O. The Morgan fingerprint density at radius 3 is 2.72 bits per heavy atom. The zero-order chi connectivity index (χ0) is 12.8. The monoisotopic (exact) mass is 263 g/mol. The van der Waals surface area contributed by atoms with Crippen LogP contribution in [0, 0.1) is 0 Å². The van der Waals surface area contributed by atoms with Gasteiger partial charge in [-0.1, -0.05) is 23.7 Å². The van der Waals surface area contributed by atoms with Crippen LogP contribution in [0.15, 0.2) is 36.7 Å². The van der Waals surface area contributed by atoms with E-state index in [-0.39, 0.29) is 0 Å². The van der Waals surface area contributed by atoms with Crippen LogP contribution in [0.2, 0.25) is 5.02 Å². The molecule has 1 aromatic heterocycles. The zero-order valence-electron chi connectivity index (χ0n) is 10.1. The lowest BCUT2D eigenvalue weighted by Gasteiger charge is -2.07. The van der Waals surface area contributed by atoms with E-state index >= 15 is 0 Å². The number of rotatable bonds is 5. The first-order valence-electron chi connectivity index (χ1n) is 5.71. The van der Waals surface area contributed by atoms with E-state index in [0.29, 0.717) is 19.0 Å². The number of nitrogens with one attached hydrogen (secondary N) is 1. The maximum atomic E-state index is 5.83. The Kier molecular flexibility index (Phi) is 4.36. The van der Waals surface area contributed by atoms with Crippen molar-refractivity contribution in [1.82, 2.24) is 9.97 Å². The molecule has 0 radical (unpaired) electrons. The van der Waals surface area contributed by atoms with Gasteiger partial charge in [-0.2, -0.15) is 0 Å². The Balaban J connectivity index is 1.97. The first kappa shape index (κ1) is 12.6. The van der Waals surface area contributed by atoms with Crippen molar-refractivity contribution in [3.63, 3.8) is 0 Å². The number of halogens is 1. The molecule has 4 nitrogen and oxygen atoms in total. The third kappa shape index (κ3) is 3.60. The van der Waals surface area contributed by atoms with Crippen molar-refractivity contribution in [2.24, 2.45) is 0 Å². The molecule has 1 heterocycles. The van der Waals surface area contributed by atoms with Crippen molar-refractivity contribution in [3.8, 4) is 5.88 Å². The van der Waals surface area contributed by atoms with Crippen LogP contribution in [-0.2, 0) is 6.54 Å². The normalized spacial score (nSPS) is 10.1. The zero-order valence-corrected chi connectivity index (χ0v) is 10.8. The van der Waals surface area contributed by atoms with Gasteiger partial charge in [0.05, 0.1) is 6.61 Å². The number of ether oxygens (including phenoxy) is 1. The van der Waals surface area contributed by atoms with Crippen molar-refractivity contribution in [1.29, 1.82) is 0 Å². The molecule has 0 saturated carbocycles. The molecule has 0 aliphatic carbocycles. The summed E-state index contributed by atoms with van der Waals surface area (Å²) < 4.78 is 5.31. The second-order valence-corrected chi connectivity index (χ2v) is 4.09. The van der Waals surface area contributed by atoms with E-state index in [9.17, 15) is 0 Å². The van der Waals surface area contributed by atoms with Gasteiger partial charge >= 0.3 is 0 Å². The second kappa shape index (κ2) is 6.21. The predicted octanol–water partition coefficient (Wildman–Crippen LogP) is 3.14. The van der Waals surface area contributed by atoms with Gasteiger partial charge < -0.3 is 10.1 Å². The molecule has 0 aliphatic heterocycles. The van der Waals surface area contributed by atoms with Crippen LogP contribution in [0.3, 0.4) is 0 Å². The van der Waals surface area contributed by atoms with E-state index in [1.807, 2.05) is 31.2 Å². The highest BCUT2D eigenvalue weighted by Crippen LogP contribution is 2.13. The molecule has 0 unspecified atom stereocenters. The maximum Gasteiger partial charge on any atom is 0.218 e. The highest BCUT2D eigenvalue weighted by Gasteiger charge is 1.99. The minimum atomic E-state index is 0.575. The summed E-state index contributed by atoms with van der Waals surface area (Å²) in [7, 11) is 0. The van der Waals surface area contributed by atoms with Gasteiger partial charge in [-0.05, 0) is 24.6 Å². The fraction of sp³-hybridized carbons (Fsp3) is 0.231. The lowest BCUT2D eigenvalue weighted by molar-refractivity contribution is 0.326. The molecule has 0 aliphatic rings. The number of nitrogens with zero attached hydrogens (tertiary/aromatic N) is 2. The summed E-state index contributed by atoms with van der Waals surface area (Å²) in [6, 6.07) is 9.45. The average Bonchev–Trinajstić information content (AvgIpc) is 2.39. The van der Waals surface area contributed by atoms with Crippen LogP contribution >= 0.6 is 11.6 Å². The molecule has 5 heteroatoms. The molecule has 1 aromatic carbocycles. The van der Waals surface area contributed by atoms with E-state index in [0.717, 1.165) is 16.4 Å². The largest absolute Gasteiger partial charge is 0.478 e. The number of hydrogen-bond acceptors (Lipinski definition) is 4. The SMILES string of the molecule is CCOc1cc(NCc2ccc(Cl)cc2)ncn1. The molecule has 0 amide bonds. The molecule has 0 spiro atoms. The fourth-order valence-corrected chi connectivity index (χ4v) is 1.58. The van der Waals surface area contributed by atoms with Crippen molar-refractivity contribution in [3.05, 3.63) is 47.2 Å². The Hall–Kier alpha value is -1.81. The minimum absolute atomic E-state index is 0.575. The smallest absolute Gasteiger partial charge is 0.218 e. The molecule has 0 atom stereocenters. The quantitative estimate of drug-likeness (QED) is 0.900. The van der Waals surface area contributed by atoms with E-state index in [4.69, 9.17) is 16.3 Å². The topological polar surface area (TPSA) is 47.0 Å². The lowest BCUT2D eigenvalue weighted by atomic mass is 10.2. The molecule has 0 saturated heterocycles. The number of anilines is 1. The highest BCUT2D eigenvalue weighted by molar-refractivity contribution is 6.30. The summed E-state index contributed by atoms with van der Waals surface area (Å²) in [6.07, 6.45) is 1.48. The fourth-order valence-electron chi connectivity index (χ4n) is 1.46. The van der Waals surface area contributed by atoms with Crippen molar-refractivity contribution >= 4 is 17.4 Å². The molecule has 2 aromatic rings. The minimum Gasteiger partial charge on any atom is -0.478 e. The summed E-state index contributed by atoms with van der Waals surface area (Å²) >= 11 is 5.83. The van der Waals surface area contributed by atoms with Gasteiger partial charge in [-0.15, -0.1) is 0 Å². The summed E-state index contributed by atoms with van der Waals surface area (Å²) in [5.41, 5.74) is 1.14. The third-order valence-electron chi connectivity index (χ3n) is 2.32. The second-order valence-electron chi connectivity index (χ2n) is 3.65. The standard InChI is InChI=1S/C13H14ClN3O/c1-2-18-13-7-12(16-9-17-13)15-8-10-3-5-11(14)6-4-10/h3-7,9H,2,8H2,1H3,(H,15,16,17). The van der Waals surface area contributed by atoms with Crippen molar-refractivity contribution in [2.75, 3.05) is 11.9 Å². The molecule has 1 N–H and O–H groups in total. The number of aromatic nitrogens is 2. The van der Waals surface area contributed by atoms with Gasteiger partial charge in [0.15, 0.2) is 0 Å². The van der Waals surface area contributed by atoms with Gasteiger partial charge in [-0.25, -0.2) is 9.97 Å². The van der Waals surface area contributed by atoms with Gasteiger partial charge in [-0.3, -0.25) is 0 Å². The van der Waals surface area contributed by atoms with Gasteiger partial charge in [0.2, 0.25) is 5.88 Å². The van der Waals surface area contributed by atoms with E-state index < -0.39 is 0 Å². The maximum absolute atomic E-state index is 5.83. The molecular weight excluding hydrogens is 250 g/mol. The van der Waals surface area contributed by atoms with Crippen LogP contribution in [-0.4, -0.2) is 16.6 Å². The lowest BCUT2D eigenvalue weighted by Crippen LogP contribution is -2.03. The predicted molar refractivity (Wildman–Crippen MR) is 72.0 cm³/mol. The number of hydrogen-bond donors (Lipinski definition) is 1. The summed E-state index contributed by atoms with van der Waals surface area (Å²) in [4.78, 5) is 8.13. The molecule has 0 bridgehead atoms. The van der Waals surface area contributed by atoms with E-state index in [1.165, 1.54) is 6.33 Å². The third-order valence-corrected chi connectivity index (χ3v) is 2.57. The van der Waals surface area contributed by atoms with Crippen LogP contribution in [0.25, 0.3) is 0 Å². The molecule has 94 valence electrons. The number of benzene rings is 1. The molecule has 0 fully saturated rings. The summed E-state index contributed by atoms with van der Waals surface area (Å²) in [5.74, 6) is 1.31. The molecule has 18 heavy (non-hydrogen) atoms. The van der Waals surface area contributed by atoms with Crippen LogP contribution in [0.1, 0.15) is 12.5 Å². The Morgan fingerprint density at radius 1 is 1.22 bits per heavy atom. The first-order chi connectivity index (χ1) is 8.78. The first-order valence-corrected chi connectivity index (χ1v) is 6.09. The van der Waals surface area contributed by atoms with Crippen LogP contribution in [0.4, 0.5) is 5.82 Å². The van der Waals surface area contributed by atoms with E-state index in [2.05, 4.69) is 15.3 Å². The Morgan fingerprint density at radius 2 is 2.00 bits per heavy atom. The van der Waals surface area contributed by atoms with Crippen LogP contribution in [0.5, 0.6) is 5.88 Å². The highest BCUT2D eigenvalue weighted by atomic mass is 35.5.